The Hall–Kier alpha value is -2.69. The molecular weight excluding hydrogens is 548 g/mol. The van der Waals surface area contributed by atoms with Gasteiger partial charge < -0.3 is 19.4 Å². The Morgan fingerprint density at radius 1 is 1.00 bits per heavy atom. The van der Waals surface area contributed by atoms with Crippen LogP contribution in [0.5, 0.6) is 0 Å². The Balaban J connectivity index is 0.000000301. The van der Waals surface area contributed by atoms with Crippen LogP contribution in [0.4, 0.5) is 26.3 Å². The summed E-state index contributed by atoms with van der Waals surface area (Å²) in [4.78, 5) is 27.2. The van der Waals surface area contributed by atoms with Gasteiger partial charge in [-0.05, 0) is 31.9 Å². The summed E-state index contributed by atoms with van der Waals surface area (Å²) in [5.41, 5.74) is 0.0328. The van der Waals surface area contributed by atoms with Crippen LogP contribution in [0.1, 0.15) is 29.4 Å². The number of hydrogen-bond acceptors (Lipinski definition) is 8. The van der Waals surface area contributed by atoms with E-state index < -0.39 is 24.3 Å². The van der Waals surface area contributed by atoms with Crippen LogP contribution in [-0.2, 0) is 27.4 Å². The molecule has 38 heavy (non-hydrogen) atoms. The molecule has 0 aliphatic carbocycles. The molecule has 2 N–H and O–H groups in total. The topological polar surface area (TPSA) is 116 Å². The number of furan rings is 1. The summed E-state index contributed by atoms with van der Waals surface area (Å²) in [6.45, 7) is 8.89. The lowest BCUT2D eigenvalue weighted by Gasteiger charge is -2.47. The number of halogens is 6. The highest BCUT2D eigenvalue weighted by Gasteiger charge is 2.40. The second kappa shape index (κ2) is 13.4. The minimum absolute atomic E-state index is 0.0328. The summed E-state index contributed by atoms with van der Waals surface area (Å²) in [6, 6.07) is 4.13. The van der Waals surface area contributed by atoms with Crippen LogP contribution in [0.3, 0.4) is 0 Å². The number of aliphatic carboxylic acids is 2. The third-order valence-electron chi connectivity index (χ3n) is 5.60. The van der Waals surface area contributed by atoms with Gasteiger partial charge in [-0.1, -0.05) is 0 Å². The van der Waals surface area contributed by atoms with Gasteiger partial charge in [-0.15, -0.1) is 11.3 Å². The number of aryl methyl sites for hydroxylation is 1. The van der Waals surface area contributed by atoms with E-state index in [2.05, 4.69) is 26.2 Å². The minimum Gasteiger partial charge on any atom is -0.475 e. The van der Waals surface area contributed by atoms with Crippen molar-refractivity contribution in [3.05, 3.63) is 40.2 Å². The average Bonchev–Trinajstić information content (AvgIpc) is 3.47. The number of carboxylic acids is 2. The SMILES string of the molecule is Cc1ccc(CN2CCC3(CC2)CN(Cc2nccs2)CCO3)o1.O=C(O)C(F)(F)F.O=C(O)C(F)(F)F. The summed E-state index contributed by atoms with van der Waals surface area (Å²) >= 11 is 1.74. The second-order valence-corrected chi connectivity index (χ2v) is 9.54. The Kier molecular flexibility index (Phi) is 11.1. The molecule has 0 unspecified atom stereocenters. The molecule has 2 aliphatic rings. The smallest absolute Gasteiger partial charge is 0.475 e. The minimum atomic E-state index is -5.08. The van der Waals surface area contributed by atoms with E-state index in [4.69, 9.17) is 29.0 Å². The van der Waals surface area contributed by atoms with Gasteiger partial charge in [0.2, 0.25) is 0 Å². The number of alkyl halides is 6. The van der Waals surface area contributed by atoms with E-state index in [0.717, 1.165) is 70.2 Å². The number of thiazole rings is 1. The Labute approximate surface area is 217 Å². The maximum absolute atomic E-state index is 10.6. The van der Waals surface area contributed by atoms with E-state index in [1.807, 2.05) is 19.2 Å². The van der Waals surface area contributed by atoms with Gasteiger partial charge >= 0.3 is 24.3 Å². The molecule has 0 bridgehead atoms. The first-order valence-electron chi connectivity index (χ1n) is 11.2. The van der Waals surface area contributed by atoms with E-state index in [1.54, 1.807) is 11.3 Å². The molecule has 1 spiro atoms. The zero-order chi connectivity index (χ0) is 28.6. The standard InChI is InChI=1S/C18H25N3O2S.2C2HF3O2/c1-15-2-3-16(23-15)12-20-7-4-18(5-8-20)14-21(9-10-22-18)13-17-19-6-11-24-17;2*3-2(4,5)1(6)7/h2-3,6,11H,4-5,7-10,12-14H2,1H3;2*(H,6,7). The number of ether oxygens (including phenoxy) is 1. The lowest BCUT2D eigenvalue weighted by Crippen LogP contribution is -2.56. The predicted octanol–water partition coefficient (Wildman–Crippen LogP) is 4.18. The van der Waals surface area contributed by atoms with Crippen LogP contribution in [0, 0.1) is 6.92 Å². The van der Waals surface area contributed by atoms with Crippen LogP contribution in [0.25, 0.3) is 0 Å². The lowest BCUT2D eigenvalue weighted by molar-refractivity contribution is -0.193. The molecule has 0 amide bonds. The molecule has 4 rings (SSSR count). The summed E-state index contributed by atoms with van der Waals surface area (Å²) in [5.74, 6) is -3.45. The number of hydrogen-bond donors (Lipinski definition) is 2. The predicted molar refractivity (Wildman–Crippen MR) is 121 cm³/mol. The Bertz CT molecular complexity index is 996. The molecule has 0 atom stereocenters. The second-order valence-electron chi connectivity index (χ2n) is 8.56. The van der Waals surface area contributed by atoms with E-state index in [1.165, 1.54) is 5.01 Å². The molecular formula is C22H27F6N3O6S. The number of carboxylic acid groups (broad SMARTS) is 2. The van der Waals surface area contributed by atoms with Gasteiger partial charge in [0.05, 0.1) is 25.3 Å². The summed E-state index contributed by atoms with van der Waals surface area (Å²) < 4.78 is 75.4. The maximum atomic E-state index is 10.6. The zero-order valence-electron chi connectivity index (χ0n) is 20.2. The number of nitrogens with zero attached hydrogens (tertiary/aromatic N) is 3. The highest BCUT2D eigenvalue weighted by molar-refractivity contribution is 7.09. The molecule has 2 fully saturated rings. The largest absolute Gasteiger partial charge is 0.490 e. The van der Waals surface area contributed by atoms with Crippen LogP contribution < -0.4 is 0 Å². The number of aromatic nitrogens is 1. The van der Waals surface area contributed by atoms with E-state index >= 15 is 0 Å². The molecule has 0 radical (unpaired) electrons. The number of rotatable bonds is 4. The van der Waals surface area contributed by atoms with E-state index in [9.17, 15) is 26.3 Å². The number of likely N-dealkylation sites (tertiary alicyclic amines) is 1. The zero-order valence-corrected chi connectivity index (χ0v) is 21.0. The van der Waals surface area contributed by atoms with Crippen molar-refractivity contribution in [1.29, 1.82) is 0 Å². The highest BCUT2D eigenvalue weighted by atomic mass is 32.1. The molecule has 214 valence electrons. The van der Waals surface area contributed by atoms with Gasteiger partial charge in [-0.3, -0.25) is 9.80 Å². The number of morpholine rings is 1. The first kappa shape index (κ1) is 31.5. The van der Waals surface area contributed by atoms with Crippen molar-refractivity contribution >= 4 is 23.3 Å². The van der Waals surface area contributed by atoms with Crippen LogP contribution in [-0.4, -0.2) is 87.7 Å². The molecule has 2 aromatic heterocycles. The Morgan fingerprint density at radius 3 is 2.03 bits per heavy atom. The third kappa shape index (κ3) is 10.6. The van der Waals surface area contributed by atoms with Crippen molar-refractivity contribution in [2.75, 3.05) is 32.8 Å². The summed E-state index contributed by atoms with van der Waals surface area (Å²) in [6.07, 6.45) is -6.08. The quantitative estimate of drug-likeness (QED) is 0.518. The molecule has 0 saturated carbocycles. The van der Waals surface area contributed by atoms with Gasteiger partial charge in [0.1, 0.15) is 16.5 Å². The van der Waals surface area contributed by atoms with Crippen molar-refractivity contribution < 1.29 is 55.3 Å². The third-order valence-corrected chi connectivity index (χ3v) is 6.36. The number of piperidine rings is 1. The van der Waals surface area contributed by atoms with E-state index in [0.29, 0.717) is 0 Å². The van der Waals surface area contributed by atoms with Gasteiger partial charge in [0.15, 0.2) is 0 Å². The summed E-state index contributed by atoms with van der Waals surface area (Å²) in [5, 5.41) is 17.5. The Morgan fingerprint density at radius 2 is 1.58 bits per heavy atom. The maximum Gasteiger partial charge on any atom is 0.490 e. The lowest BCUT2D eigenvalue weighted by atomic mass is 9.89. The monoisotopic (exact) mass is 575 g/mol. The van der Waals surface area contributed by atoms with Crippen LogP contribution in [0.2, 0.25) is 0 Å². The van der Waals surface area contributed by atoms with Gasteiger partial charge in [-0.2, -0.15) is 26.3 Å². The average molecular weight is 576 g/mol. The highest BCUT2D eigenvalue weighted by Crippen LogP contribution is 2.31. The fraction of sp³-hybridized carbons (Fsp3) is 0.591. The first-order valence-corrected chi connectivity index (χ1v) is 12.1. The van der Waals surface area contributed by atoms with Crippen molar-refractivity contribution in [2.24, 2.45) is 0 Å². The van der Waals surface area contributed by atoms with Crippen molar-refractivity contribution in [2.45, 2.75) is 50.8 Å². The van der Waals surface area contributed by atoms with Crippen LogP contribution in [0.15, 0.2) is 28.1 Å². The first-order chi connectivity index (χ1) is 17.6. The van der Waals surface area contributed by atoms with Gasteiger partial charge in [0.25, 0.3) is 0 Å². The van der Waals surface area contributed by atoms with Gasteiger partial charge in [0, 0.05) is 37.8 Å². The van der Waals surface area contributed by atoms with E-state index in [-0.39, 0.29) is 5.60 Å². The molecule has 2 aromatic rings. The fourth-order valence-electron chi connectivity index (χ4n) is 3.79. The fourth-order valence-corrected chi connectivity index (χ4v) is 4.45. The normalized spacial score (nSPS) is 18.2. The molecule has 2 saturated heterocycles. The molecule has 2 aliphatic heterocycles. The number of carbonyl (C=O) groups is 2. The molecule has 16 heteroatoms. The molecule has 9 nitrogen and oxygen atoms in total. The van der Waals surface area contributed by atoms with Crippen molar-refractivity contribution in [1.82, 2.24) is 14.8 Å². The summed E-state index contributed by atoms with van der Waals surface area (Å²) in [7, 11) is 0. The van der Waals surface area contributed by atoms with Crippen molar-refractivity contribution in [3.63, 3.8) is 0 Å². The molecule has 4 heterocycles. The van der Waals surface area contributed by atoms with Gasteiger partial charge in [-0.25, -0.2) is 14.6 Å². The van der Waals surface area contributed by atoms with Crippen molar-refractivity contribution in [3.8, 4) is 0 Å². The molecule has 0 aromatic carbocycles. The van der Waals surface area contributed by atoms with Crippen LogP contribution >= 0.6 is 11.3 Å².